The fourth-order valence-corrected chi connectivity index (χ4v) is 5.67. The Morgan fingerprint density at radius 2 is 1.67 bits per heavy atom. The first-order valence-corrected chi connectivity index (χ1v) is 12.8. The van der Waals surface area contributed by atoms with E-state index in [4.69, 9.17) is 19.4 Å². The number of anilines is 1. The molecule has 1 saturated carbocycles. The molecule has 0 unspecified atom stereocenters. The Bertz CT molecular complexity index is 1340. The van der Waals surface area contributed by atoms with Crippen LogP contribution in [-0.4, -0.2) is 68.1 Å². The van der Waals surface area contributed by atoms with E-state index in [-0.39, 0.29) is 23.5 Å². The van der Waals surface area contributed by atoms with Crippen LogP contribution < -0.4 is 20.1 Å². The summed E-state index contributed by atoms with van der Waals surface area (Å²) in [7, 11) is 4.77. The number of amides is 2. The number of ether oxygens (including phenoxy) is 2. The molecule has 2 amide bonds. The highest BCUT2D eigenvalue weighted by Crippen LogP contribution is 2.51. The second-order valence-electron chi connectivity index (χ2n) is 10.2. The molecular formula is C27H29F8N3O5. The number of rotatable bonds is 5. The first-order chi connectivity index (χ1) is 19.9. The lowest BCUT2D eigenvalue weighted by molar-refractivity contribution is -0.192. The number of urea groups is 1. The molecule has 1 aliphatic carbocycles. The number of halogens is 8. The minimum Gasteiger partial charge on any atom is -0.493 e. The lowest BCUT2D eigenvalue weighted by atomic mass is 9.65. The molecule has 43 heavy (non-hydrogen) atoms. The lowest BCUT2D eigenvalue weighted by Gasteiger charge is -2.45. The third kappa shape index (κ3) is 7.58. The number of fused-ring (bicyclic) bond motifs is 1. The van der Waals surface area contributed by atoms with Crippen LogP contribution in [0.5, 0.6) is 11.5 Å². The predicted octanol–water partition coefficient (Wildman–Crippen LogP) is 5.95. The van der Waals surface area contributed by atoms with Gasteiger partial charge >= 0.3 is 24.4 Å². The van der Waals surface area contributed by atoms with Crippen LogP contribution in [-0.2, 0) is 16.4 Å². The van der Waals surface area contributed by atoms with E-state index in [1.165, 1.54) is 14.2 Å². The monoisotopic (exact) mass is 627 g/mol. The van der Waals surface area contributed by atoms with Crippen LogP contribution in [0.15, 0.2) is 30.3 Å². The molecule has 1 saturated heterocycles. The number of alkyl halides is 6. The Kier molecular flexibility index (Phi) is 10.0. The van der Waals surface area contributed by atoms with E-state index >= 15 is 4.39 Å². The summed E-state index contributed by atoms with van der Waals surface area (Å²) in [4.78, 5) is 23.6. The number of carbonyl (C=O) groups is 2. The number of benzene rings is 2. The molecule has 3 N–H and O–H groups in total. The Labute approximate surface area is 240 Å². The summed E-state index contributed by atoms with van der Waals surface area (Å²) in [5.74, 6) is -3.98. The van der Waals surface area contributed by atoms with Crippen LogP contribution >= 0.6 is 0 Å². The zero-order valence-electron chi connectivity index (χ0n) is 23.1. The zero-order valence-corrected chi connectivity index (χ0v) is 23.1. The molecule has 0 spiro atoms. The van der Waals surface area contributed by atoms with Gasteiger partial charge in [-0.2, -0.15) is 26.3 Å². The number of carboxylic acid groups (broad SMARTS) is 1. The minimum absolute atomic E-state index is 0.0469. The highest BCUT2D eigenvalue weighted by molar-refractivity contribution is 5.89. The lowest BCUT2D eigenvalue weighted by Crippen LogP contribution is -2.52. The normalized spacial score (nSPS) is 22.1. The maximum atomic E-state index is 15.5. The summed E-state index contributed by atoms with van der Waals surface area (Å²) in [5, 5.41) is 12.2. The van der Waals surface area contributed by atoms with Gasteiger partial charge in [0.05, 0.1) is 19.8 Å². The molecule has 0 bridgehead atoms. The molecular weight excluding hydrogens is 598 g/mol. The van der Waals surface area contributed by atoms with Crippen LogP contribution in [0.3, 0.4) is 0 Å². The van der Waals surface area contributed by atoms with Gasteiger partial charge in [0.15, 0.2) is 17.3 Å². The van der Waals surface area contributed by atoms with E-state index in [1.54, 1.807) is 12.1 Å². The number of likely N-dealkylation sites (tertiary alicyclic amines) is 1. The Morgan fingerprint density at radius 3 is 2.23 bits per heavy atom. The van der Waals surface area contributed by atoms with Gasteiger partial charge < -0.3 is 30.1 Å². The van der Waals surface area contributed by atoms with Gasteiger partial charge in [-0.1, -0.05) is 6.07 Å². The first kappa shape index (κ1) is 33.7. The summed E-state index contributed by atoms with van der Waals surface area (Å²) in [6.45, 7) is 0.737. The molecule has 0 radical (unpaired) electrons. The van der Waals surface area contributed by atoms with E-state index in [9.17, 15) is 35.5 Å². The van der Waals surface area contributed by atoms with Crippen molar-refractivity contribution in [3.8, 4) is 11.5 Å². The standard InChI is InChI=1S/C25H28F5N3O3.C2HF3O2/c1-33-9-8-24(18-4-5-19(35-2)22(36-3)21(18)27)7-6-16(13-20(24)33)31-23(34)32-17-11-14(25(28,29)30)10-15(26)12-17;3-2(4,5)1(6)7/h4-5,10-12,16,20H,6-9,13H2,1-3H3,(H2,31,32,34);(H,6,7)/t16-,20+,24+;/m1./s1. The highest BCUT2D eigenvalue weighted by Gasteiger charge is 2.52. The first-order valence-electron chi connectivity index (χ1n) is 12.8. The number of hydrogen-bond acceptors (Lipinski definition) is 5. The third-order valence-corrected chi connectivity index (χ3v) is 7.61. The maximum Gasteiger partial charge on any atom is 0.490 e. The van der Waals surface area contributed by atoms with Crippen molar-refractivity contribution in [2.75, 3.05) is 33.1 Å². The number of nitrogens with zero attached hydrogens (tertiary/aromatic N) is 1. The zero-order chi connectivity index (χ0) is 32.3. The fraction of sp³-hybridized carbons (Fsp3) is 0.481. The minimum atomic E-state index is -5.08. The molecule has 2 fully saturated rings. The number of likely N-dealkylation sites (N-methyl/N-ethyl adjacent to an activating group) is 1. The van der Waals surface area contributed by atoms with E-state index in [0.717, 1.165) is 19.0 Å². The maximum absolute atomic E-state index is 15.5. The SMILES string of the molecule is COc1ccc([C@@]23CC[C@@H](NC(=O)Nc4cc(F)cc(C(F)(F)F)c4)C[C@@H]2N(C)CC3)c(F)c1OC.O=C(O)C(F)(F)F. The molecule has 1 aliphatic heterocycles. The molecule has 2 aliphatic rings. The molecule has 4 rings (SSSR count). The van der Waals surface area contributed by atoms with Crippen molar-refractivity contribution in [1.29, 1.82) is 0 Å². The molecule has 8 nitrogen and oxygen atoms in total. The highest BCUT2D eigenvalue weighted by atomic mass is 19.4. The van der Waals surface area contributed by atoms with E-state index in [0.29, 0.717) is 42.7 Å². The summed E-state index contributed by atoms with van der Waals surface area (Å²) in [5.41, 5.74) is -1.44. The molecule has 2 aromatic rings. The summed E-state index contributed by atoms with van der Waals surface area (Å²) in [6, 6.07) is 4.16. The summed E-state index contributed by atoms with van der Waals surface area (Å²) >= 11 is 0. The van der Waals surface area contributed by atoms with Crippen molar-refractivity contribution < 1.29 is 59.3 Å². The third-order valence-electron chi connectivity index (χ3n) is 7.61. The molecule has 0 aromatic heterocycles. The molecule has 1 heterocycles. The van der Waals surface area contributed by atoms with E-state index in [2.05, 4.69) is 15.5 Å². The van der Waals surface area contributed by atoms with Crippen molar-refractivity contribution in [3.05, 3.63) is 53.1 Å². The molecule has 16 heteroatoms. The summed E-state index contributed by atoms with van der Waals surface area (Å²) < 4.78 is 110. The number of carbonyl (C=O) groups excluding carboxylic acids is 1. The molecule has 3 atom stereocenters. The smallest absolute Gasteiger partial charge is 0.490 e. The van der Waals surface area contributed by atoms with Gasteiger partial charge in [-0.25, -0.2) is 18.4 Å². The van der Waals surface area contributed by atoms with Gasteiger partial charge in [0, 0.05) is 23.2 Å². The quantitative estimate of drug-likeness (QED) is 0.355. The largest absolute Gasteiger partial charge is 0.493 e. The predicted molar refractivity (Wildman–Crippen MR) is 137 cm³/mol. The topological polar surface area (TPSA) is 100 Å². The average Bonchev–Trinajstić information content (AvgIpc) is 3.23. The second kappa shape index (κ2) is 12.8. The summed E-state index contributed by atoms with van der Waals surface area (Å²) in [6.07, 6.45) is -7.48. The number of nitrogens with one attached hydrogen (secondary N) is 2. The number of hydrogen-bond donors (Lipinski definition) is 3. The number of methoxy groups -OCH3 is 2. The van der Waals surface area contributed by atoms with Crippen LogP contribution in [0.2, 0.25) is 0 Å². The Balaban J connectivity index is 0.000000646. The Hall–Kier alpha value is -3.82. The van der Waals surface area contributed by atoms with Crippen LogP contribution in [0.4, 0.5) is 45.6 Å². The van der Waals surface area contributed by atoms with Crippen molar-refractivity contribution in [3.63, 3.8) is 0 Å². The molecule has 2 aromatic carbocycles. The van der Waals surface area contributed by atoms with Gasteiger partial charge in [0.2, 0.25) is 0 Å². The van der Waals surface area contributed by atoms with Crippen molar-refractivity contribution in [2.24, 2.45) is 0 Å². The van der Waals surface area contributed by atoms with Crippen LogP contribution in [0.25, 0.3) is 0 Å². The van der Waals surface area contributed by atoms with Gasteiger partial charge in [-0.05, 0) is 69.1 Å². The van der Waals surface area contributed by atoms with Crippen molar-refractivity contribution >= 4 is 17.7 Å². The van der Waals surface area contributed by atoms with E-state index in [1.807, 2.05) is 7.05 Å². The van der Waals surface area contributed by atoms with Crippen molar-refractivity contribution in [1.82, 2.24) is 10.2 Å². The van der Waals surface area contributed by atoms with Gasteiger partial charge in [-0.15, -0.1) is 0 Å². The average molecular weight is 628 g/mol. The second-order valence-corrected chi connectivity index (χ2v) is 10.2. The van der Waals surface area contributed by atoms with E-state index < -0.39 is 47.0 Å². The van der Waals surface area contributed by atoms with Gasteiger partial charge in [0.25, 0.3) is 0 Å². The van der Waals surface area contributed by atoms with Gasteiger partial charge in [0.1, 0.15) is 5.82 Å². The Morgan fingerprint density at radius 1 is 1.02 bits per heavy atom. The molecule has 238 valence electrons. The van der Waals surface area contributed by atoms with Crippen LogP contribution in [0.1, 0.15) is 36.8 Å². The van der Waals surface area contributed by atoms with Gasteiger partial charge in [-0.3, -0.25) is 0 Å². The van der Waals surface area contributed by atoms with Crippen molar-refractivity contribution in [2.45, 2.75) is 55.5 Å². The number of aliphatic carboxylic acids is 1. The van der Waals surface area contributed by atoms with Crippen LogP contribution in [0, 0.1) is 11.6 Å². The fourth-order valence-electron chi connectivity index (χ4n) is 5.67. The number of carboxylic acids is 1.